The molecule has 120 valence electrons. The van der Waals surface area contributed by atoms with Gasteiger partial charge in [0.1, 0.15) is 11.9 Å². The molecule has 6 heteroatoms. The number of cyclic esters (lactones) is 1. The maximum Gasteiger partial charge on any atom is 0.414 e. The molecular formula is C17H15BrFNO3. The normalized spacial score (nSPS) is 17.4. The van der Waals surface area contributed by atoms with Gasteiger partial charge in [-0.1, -0.05) is 30.3 Å². The Morgan fingerprint density at radius 1 is 1.26 bits per heavy atom. The molecule has 0 saturated carbocycles. The standard InChI is InChI=1S/C17H15BrFNO3/c18-15-7-6-13(8-16(15)19)20-9-14(23-17(20)21)11-22-10-12-4-2-1-3-5-12/h1-8,14H,9-11H2. The largest absolute Gasteiger partial charge is 0.441 e. The van der Waals surface area contributed by atoms with Crippen LogP contribution in [0.1, 0.15) is 5.56 Å². The molecule has 1 atom stereocenters. The summed E-state index contributed by atoms with van der Waals surface area (Å²) >= 11 is 3.09. The van der Waals surface area contributed by atoms with Crippen molar-refractivity contribution in [2.45, 2.75) is 12.7 Å². The lowest BCUT2D eigenvalue weighted by atomic mass is 10.2. The number of rotatable bonds is 5. The number of anilines is 1. The fraction of sp³-hybridized carbons (Fsp3) is 0.235. The molecule has 0 aromatic heterocycles. The number of carbonyl (C=O) groups excluding carboxylic acids is 1. The average molecular weight is 380 g/mol. The summed E-state index contributed by atoms with van der Waals surface area (Å²) in [4.78, 5) is 13.3. The van der Waals surface area contributed by atoms with Crippen LogP contribution in [0.15, 0.2) is 53.0 Å². The third-order valence-electron chi connectivity index (χ3n) is 3.50. The van der Waals surface area contributed by atoms with E-state index in [2.05, 4.69) is 15.9 Å². The summed E-state index contributed by atoms with van der Waals surface area (Å²) in [5.74, 6) is -0.418. The second-order valence-electron chi connectivity index (χ2n) is 5.22. The highest BCUT2D eigenvalue weighted by Crippen LogP contribution is 2.26. The Labute approximate surface area is 141 Å². The summed E-state index contributed by atoms with van der Waals surface area (Å²) in [6.45, 7) is 1.10. The molecule has 1 amide bonds. The van der Waals surface area contributed by atoms with Gasteiger partial charge >= 0.3 is 6.09 Å². The highest BCUT2D eigenvalue weighted by Gasteiger charge is 2.32. The molecule has 1 saturated heterocycles. The Bertz CT molecular complexity index is 695. The van der Waals surface area contributed by atoms with Crippen molar-refractivity contribution in [1.29, 1.82) is 0 Å². The molecule has 4 nitrogen and oxygen atoms in total. The van der Waals surface area contributed by atoms with Crippen molar-refractivity contribution in [2.75, 3.05) is 18.1 Å². The summed E-state index contributed by atoms with van der Waals surface area (Å²) < 4.78 is 24.8. The first-order chi connectivity index (χ1) is 11.1. The van der Waals surface area contributed by atoms with Crippen LogP contribution in [0.3, 0.4) is 0 Å². The van der Waals surface area contributed by atoms with Crippen LogP contribution in [0.2, 0.25) is 0 Å². The van der Waals surface area contributed by atoms with Crippen LogP contribution in [0.25, 0.3) is 0 Å². The first-order valence-corrected chi connectivity index (χ1v) is 7.97. The quantitative estimate of drug-likeness (QED) is 0.783. The van der Waals surface area contributed by atoms with E-state index in [4.69, 9.17) is 9.47 Å². The molecule has 1 heterocycles. The van der Waals surface area contributed by atoms with E-state index >= 15 is 0 Å². The van der Waals surface area contributed by atoms with Crippen molar-refractivity contribution in [3.8, 4) is 0 Å². The zero-order chi connectivity index (χ0) is 16.2. The maximum absolute atomic E-state index is 13.6. The van der Waals surface area contributed by atoms with Gasteiger partial charge in [-0.05, 0) is 39.7 Å². The van der Waals surface area contributed by atoms with E-state index in [-0.39, 0.29) is 6.10 Å². The van der Waals surface area contributed by atoms with Crippen molar-refractivity contribution in [3.05, 3.63) is 64.4 Å². The third-order valence-corrected chi connectivity index (χ3v) is 4.15. The van der Waals surface area contributed by atoms with E-state index in [9.17, 15) is 9.18 Å². The Kier molecular flexibility index (Phi) is 4.93. The summed E-state index contributed by atoms with van der Waals surface area (Å²) in [6.07, 6.45) is -0.849. The van der Waals surface area contributed by atoms with Gasteiger partial charge in [-0.2, -0.15) is 0 Å². The van der Waals surface area contributed by atoms with Crippen LogP contribution in [0.4, 0.5) is 14.9 Å². The van der Waals surface area contributed by atoms with Crippen LogP contribution in [0, 0.1) is 5.82 Å². The Hall–Kier alpha value is -1.92. The molecule has 2 aromatic carbocycles. The van der Waals surface area contributed by atoms with Gasteiger partial charge < -0.3 is 9.47 Å². The first kappa shape index (κ1) is 16.0. The minimum atomic E-state index is -0.486. The SMILES string of the molecule is O=C1OC(COCc2ccccc2)CN1c1ccc(Br)c(F)c1. The molecule has 3 rings (SSSR count). The number of ether oxygens (including phenoxy) is 2. The number of carbonyl (C=O) groups is 1. The molecule has 0 radical (unpaired) electrons. The van der Waals surface area contributed by atoms with Crippen molar-refractivity contribution >= 4 is 27.7 Å². The summed E-state index contributed by atoms with van der Waals surface area (Å²) in [7, 11) is 0. The van der Waals surface area contributed by atoms with E-state index in [1.807, 2.05) is 30.3 Å². The minimum absolute atomic E-state index is 0.302. The summed E-state index contributed by atoms with van der Waals surface area (Å²) in [6, 6.07) is 14.3. The number of halogens is 2. The molecular weight excluding hydrogens is 365 g/mol. The van der Waals surface area contributed by atoms with Gasteiger partial charge in [0, 0.05) is 0 Å². The number of amides is 1. The molecule has 2 aromatic rings. The van der Waals surface area contributed by atoms with Gasteiger partial charge in [0.2, 0.25) is 0 Å². The Morgan fingerprint density at radius 3 is 2.78 bits per heavy atom. The predicted molar refractivity (Wildman–Crippen MR) is 87.8 cm³/mol. The van der Waals surface area contributed by atoms with E-state index in [0.717, 1.165) is 5.56 Å². The second kappa shape index (κ2) is 7.10. The van der Waals surface area contributed by atoms with Gasteiger partial charge in [-0.25, -0.2) is 9.18 Å². The average Bonchev–Trinajstić information content (AvgIpc) is 2.92. The van der Waals surface area contributed by atoms with Gasteiger partial charge in [-0.3, -0.25) is 4.90 Å². The Morgan fingerprint density at radius 2 is 2.04 bits per heavy atom. The van der Waals surface area contributed by atoms with Crippen molar-refractivity contribution in [3.63, 3.8) is 0 Å². The molecule has 1 aliphatic rings. The highest BCUT2D eigenvalue weighted by atomic mass is 79.9. The van der Waals surface area contributed by atoms with Crippen LogP contribution >= 0.6 is 15.9 Å². The van der Waals surface area contributed by atoms with Crippen LogP contribution in [-0.4, -0.2) is 25.3 Å². The number of benzene rings is 2. The van der Waals surface area contributed by atoms with Gasteiger partial charge in [0.05, 0.1) is 29.9 Å². The molecule has 1 fully saturated rings. The zero-order valence-electron chi connectivity index (χ0n) is 12.2. The number of hydrogen-bond acceptors (Lipinski definition) is 3. The van der Waals surface area contributed by atoms with Gasteiger partial charge in [-0.15, -0.1) is 0 Å². The summed E-state index contributed by atoms with van der Waals surface area (Å²) in [5.41, 5.74) is 1.53. The summed E-state index contributed by atoms with van der Waals surface area (Å²) in [5, 5.41) is 0. The van der Waals surface area contributed by atoms with Crippen molar-refractivity contribution in [2.24, 2.45) is 0 Å². The van der Waals surface area contributed by atoms with Crippen molar-refractivity contribution in [1.82, 2.24) is 0 Å². The third kappa shape index (κ3) is 3.89. The van der Waals surface area contributed by atoms with E-state index < -0.39 is 11.9 Å². The topological polar surface area (TPSA) is 38.8 Å². The molecule has 1 aliphatic heterocycles. The molecule has 1 unspecified atom stereocenters. The second-order valence-corrected chi connectivity index (χ2v) is 6.07. The minimum Gasteiger partial charge on any atom is -0.441 e. The smallest absolute Gasteiger partial charge is 0.414 e. The van der Waals surface area contributed by atoms with Gasteiger partial charge in [0.25, 0.3) is 0 Å². The van der Waals surface area contributed by atoms with E-state index in [0.29, 0.717) is 29.9 Å². The molecule has 0 spiro atoms. The van der Waals surface area contributed by atoms with Crippen LogP contribution < -0.4 is 4.90 Å². The molecule has 0 aliphatic carbocycles. The lowest BCUT2D eigenvalue weighted by molar-refractivity contribution is 0.0381. The van der Waals surface area contributed by atoms with E-state index in [1.165, 1.54) is 11.0 Å². The molecule has 0 bridgehead atoms. The fourth-order valence-electron chi connectivity index (χ4n) is 2.35. The van der Waals surface area contributed by atoms with Crippen molar-refractivity contribution < 1.29 is 18.7 Å². The predicted octanol–water partition coefficient (Wildman–Crippen LogP) is 4.13. The highest BCUT2D eigenvalue weighted by molar-refractivity contribution is 9.10. The lowest BCUT2D eigenvalue weighted by Crippen LogP contribution is -2.26. The maximum atomic E-state index is 13.6. The monoisotopic (exact) mass is 379 g/mol. The zero-order valence-corrected chi connectivity index (χ0v) is 13.8. The van der Waals surface area contributed by atoms with Crippen LogP contribution in [-0.2, 0) is 16.1 Å². The molecule has 23 heavy (non-hydrogen) atoms. The molecule has 0 N–H and O–H groups in total. The lowest BCUT2D eigenvalue weighted by Gasteiger charge is -2.13. The van der Waals surface area contributed by atoms with Gasteiger partial charge in [0.15, 0.2) is 0 Å². The fourth-order valence-corrected chi connectivity index (χ4v) is 2.60. The van der Waals surface area contributed by atoms with E-state index in [1.54, 1.807) is 12.1 Å². The first-order valence-electron chi connectivity index (χ1n) is 7.18. The number of nitrogens with zero attached hydrogens (tertiary/aromatic N) is 1. The number of hydrogen-bond donors (Lipinski definition) is 0. The Balaban J connectivity index is 1.56. The van der Waals surface area contributed by atoms with Crippen LogP contribution in [0.5, 0.6) is 0 Å².